The number of anilines is 2. The lowest BCUT2D eigenvalue weighted by molar-refractivity contribution is 0.262. The van der Waals surface area contributed by atoms with Crippen molar-refractivity contribution in [3.05, 3.63) is 54.3 Å². The van der Waals surface area contributed by atoms with Crippen LogP contribution in [0.5, 0.6) is 5.75 Å². The van der Waals surface area contributed by atoms with Gasteiger partial charge < -0.3 is 15.4 Å². The zero-order valence-corrected chi connectivity index (χ0v) is 11.0. The van der Waals surface area contributed by atoms with E-state index in [2.05, 4.69) is 10.6 Å². The Morgan fingerprint density at radius 3 is 2.40 bits per heavy atom. The minimum atomic E-state index is -0.441. The summed E-state index contributed by atoms with van der Waals surface area (Å²) in [5.74, 6) is 0.275. The maximum atomic E-state index is 13.0. The van der Waals surface area contributed by atoms with Gasteiger partial charge in [0.1, 0.15) is 11.6 Å². The van der Waals surface area contributed by atoms with Crippen LogP contribution in [0.4, 0.5) is 20.6 Å². The minimum absolute atomic E-state index is 0.392. The van der Waals surface area contributed by atoms with Gasteiger partial charge in [-0.3, -0.25) is 0 Å². The zero-order valence-electron chi connectivity index (χ0n) is 11.0. The van der Waals surface area contributed by atoms with Gasteiger partial charge in [-0.15, -0.1) is 0 Å². The Labute approximate surface area is 116 Å². The standard InChI is InChI=1S/C15H15FN2O2/c1-2-20-14-8-4-7-13(10-14)18-15(19)17-12-6-3-5-11(16)9-12/h3-10H,2H2,1H3,(H2,17,18,19). The normalized spacial score (nSPS) is 9.90. The Bertz CT molecular complexity index is 602. The molecule has 0 aliphatic carbocycles. The van der Waals surface area contributed by atoms with Crippen molar-refractivity contribution >= 4 is 17.4 Å². The summed E-state index contributed by atoms with van der Waals surface area (Å²) >= 11 is 0. The molecule has 5 heteroatoms. The summed E-state index contributed by atoms with van der Waals surface area (Å²) in [6, 6.07) is 12.3. The Balaban J connectivity index is 1.99. The Kier molecular flexibility index (Phi) is 4.55. The number of ether oxygens (including phenoxy) is 1. The molecule has 0 fully saturated rings. The number of urea groups is 1. The monoisotopic (exact) mass is 274 g/mol. The van der Waals surface area contributed by atoms with Crippen molar-refractivity contribution < 1.29 is 13.9 Å². The van der Waals surface area contributed by atoms with Crippen molar-refractivity contribution in [2.24, 2.45) is 0 Å². The second-order valence-electron chi connectivity index (χ2n) is 4.05. The lowest BCUT2D eigenvalue weighted by Crippen LogP contribution is -2.19. The molecule has 0 bridgehead atoms. The molecule has 0 radical (unpaired) electrons. The first-order valence-electron chi connectivity index (χ1n) is 6.24. The number of carbonyl (C=O) groups is 1. The Morgan fingerprint density at radius 2 is 1.75 bits per heavy atom. The van der Waals surface area contributed by atoms with Crippen LogP contribution >= 0.6 is 0 Å². The van der Waals surface area contributed by atoms with Crippen LogP contribution in [0, 0.1) is 5.82 Å². The third-order valence-electron chi connectivity index (χ3n) is 2.49. The highest BCUT2D eigenvalue weighted by Gasteiger charge is 2.04. The molecule has 0 unspecified atom stereocenters. The van der Waals surface area contributed by atoms with Crippen LogP contribution < -0.4 is 15.4 Å². The van der Waals surface area contributed by atoms with Crippen LogP contribution in [0.15, 0.2) is 48.5 Å². The van der Waals surface area contributed by atoms with Gasteiger partial charge in [0.25, 0.3) is 0 Å². The van der Waals surface area contributed by atoms with E-state index in [4.69, 9.17) is 4.74 Å². The number of hydrogen-bond donors (Lipinski definition) is 2. The van der Waals surface area contributed by atoms with Crippen molar-refractivity contribution in [2.75, 3.05) is 17.2 Å². The molecule has 20 heavy (non-hydrogen) atoms. The van der Waals surface area contributed by atoms with Gasteiger partial charge in [0.2, 0.25) is 0 Å². The molecule has 2 rings (SSSR count). The molecular weight excluding hydrogens is 259 g/mol. The number of benzene rings is 2. The van der Waals surface area contributed by atoms with Crippen molar-refractivity contribution in [3.8, 4) is 5.75 Å². The van der Waals surface area contributed by atoms with Crippen LogP contribution in [-0.4, -0.2) is 12.6 Å². The predicted octanol–water partition coefficient (Wildman–Crippen LogP) is 3.87. The van der Waals surface area contributed by atoms with Gasteiger partial charge in [0.05, 0.1) is 6.61 Å². The second-order valence-corrected chi connectivity index (χ2v) is 4.05. The Hall–Kier alpha value is -2.56. The van der Waals surface area contributed by atoms with E-state index in [0.29, 0.717) is 23.7 Å². The first-order chi connectivity index (χ1) is 9.67. The average Bonchev–Trinajstić information content (AvgIpc) is 2.39. The summed E-state index contributed by atoms with van der Waals surface area (Å²) in [5.41, 5.74) is 0.994. The van der Waals surface area contributed by atoms with E-state index in [1.807, 2.05) is 6.92 Å². The molecule has 2 aromatic carbocycles. The van der Waals surface area contributed by atoms with Gasteiger partial charge in [0.15, 0.2) is 0 Å². The highest BCUT2D eigenvalue weighted by molar-refractivity contribution is 5.99. The van der Waals surface area contributed by atoms with E-state index < -0.39 is 11.8 Å². The largest absolute Gasteiger partial charge is 0.494 e. The molecule has 0 aromatic heterocycles. The molecule has 2 amide bonds. The molecule has 0 atom stereocenters. The maximum absolute atomic E-state index is 13.0. The number of rotatable bonds is 4. The average molecular weight is 274 g/mol. The van der Waals surface area contributed by atoms with E-state index in [1.54, 1.807) is 30.3 Å². The van der Waals surface area contributed by atoms with E-state index in [0.717, 1.165) is 0 Å². The molecule has 2 aromatic rings. The van der Waals surface area contributed by atoms with Gasteiger partial charge in [-0.1, -0.05) is 12.1 Å². The molecule has 0 heterocycles. The fourth-order valence-electron chi connectivity index (χ4n) is 1.69. The van der Waals surface area contributed by atoms with Gasteiger partial charge >= 0.3 is 6.03 Å². The molecule has 4 nitrogen and oxygen atoms in total. The zero-order chi connectivity index (χ0) is 14.4. The van der Waals surface area contributed by atoms with Crippen molar-refractivity contribution in [3.63, 3.8) is 0 Å². The summed E-state index contributed by atoms with van der Waals surface area (Å²) < 4.78 is 18.3. The van der Waals surface area contributed by atoms with Gasteiger partial charge in [-0.2, -0.15) is 0 Å². The van der Waals surface area contributed by atoms with E-state index >= 15 is 0 Å². The van der Waals surface area contributed by atoms with Crippen LogP contribution in [-0.2, 0) is 0 Å². The summed E-state index contributed by atoms with van der Waals surface area (Å²) in [4.78, 5) is 11.8. The molecule has 0 aliphatic heterocycles. The number of nitrogens with one attached hydrogen (secondary N) is 2. The molecular formula is C15H15FN2O2. The number of carbonyl (C=O) groups excluding carboxylic acids is 1. The van der Waals surface area contributed by atoms with Crippen molar-refractivity contribution in [1.29, 1.82) is 0 Å². The first kappa shape index (κ1) is 13.9. The smallest absolute Gasteiger partial charge is 0.323 e. The molecule has 0 saturated carbocycles. The SMILES string of the molecule is CCOc1cccc(NC(=O)Nc2cccc(F)c2)c1. The quantitative estimate of drug-likeness (QED) is 0.889. The van der Waals surface area contributed by atoms with E-state index in [9.17, 15) is 9.18 Å². The topological polar surface area (TPSA) is 50.4 Å². The summed E-state index contributed by atoms with van der Waals surface area (Å²) in [6.07, 6.45) is 0. The second kappa shape index (κ2) is 6.56. The highest BCUT2D eigenvalue weighted by Crippen LogP contribution is 2.17. The van der Waals surface area contributed by atoms with Crippen LogP contribution in [0.2, 0.25) is 0 Å². The number of amides is 2. The van der Waals surface area contributed by atoms with Crippen molar-refractivity contribution in [2.45, 2.75) is 6.92 Å². The maximum Gasteiger partial charge on any atom is 0.323 e. The summed E-state index contributed by atoms with van der Waals surface area (Å²) in [5, 5.41) is 5.21. The third-order valence-corrected chi connectivity index (χ3v) is 2.49. The van der Waals surface area contributed by atoms with E-state index in [1.165, 1.54) is 18.2 Å². The Morgan fingerprint density at radius 1 is 1.10 bits per heavy atom. The number of hydrogen-bond acceptors (Lipinski definition) is 2. The van der Waals surface area contributed by atoms with Crippen LogP contribution in [0.1, 0.15) is 6.92 Å². The molecule has 104 valence electrons. The van der Waals surface area contributed by atoms with Gasteiger partial charge in [-0.05, 0) is 37.3 Å². The lowest BCUT2D eigenvalue weighted by Gasteiger charge is -2.09. The lowest BCUT2D eigenvalue weighted by atomic mass is 10.3. The highest BCUT2D eigenvalue weighted by atomic mass is 19.1. The van der Waals surface area contributed by atoms with Crippen molar-refractivity contribution in [1.82, 2.24) is 0 Å². The molecule has 0 saturated heterocycles. The number of halogens is 1. The predicted molar refractivity (Wildman–Crippen MR) is 76.7 cm³/mol. The molecule has 0 spiro atoms. The third kappa shape index (κ3) is 3.98. The molecule has 0 aliphatic rings. The molecule has 2 N–H and O–H groups in total. The van der Waals surface area contributed by atoms with Crippen LogP contribution in [0.3, 0.4) is 0 Å². The first-order valence-corrected chi connectivity index (χ1v) is 6.24. The van der Waals surface area contributed by atoms with Crippen LogP contribution in [0.25, 0.3) is 0 Å². The van der Waals surface area contributed by atoms with E-state index in [-0.39, 0.29) is 0 Å². The fraction of sp³-hybridized carbons (Fsp3) is 0.133. The van der Waals surface area contributed by atoms with Gasteiger partial charge in [0, 0.05) is 17.4 Å². The summed E-state index contributed by atoms with van der Waals surface area (Å²) in [6.45, 7) is 2.44. The minimum Gasteiger partial charge on any atom is -0.494 e. The van der Waals surface area contributed by atoms with Gasteiger partial charge in [-0.25, -0.2) is 9.18 Å². The summed E-state index contributed by atoms with van der Waals surface area (Å²) in [7, 11) is 0. The fourth-order valence-corrected chi connectivity index (χ4v) is 1.69.